The van der Waals surface area contributed by atoms with Crippen molar-refractivity contribution >= 4 is 40.2 Å². The average Bonchev–Trinajstić information content (AvgIpc) is 3.40. The monoisotopic (exact) mass is 434 g/mol. The van der Waals surface area contributed by atoms with Crippen LogP contribution < -0.4 is 9.80 Å². The number of pyridine rings is 1. The van der Waals surface area contributed by atoms with Gasteiger partial charge in [0.1, 0.15) is 17.3 Å². The molecule has 2 amide bonds. The van der Waals surface area contributed by atoms with E-state index in [0.717, 1.165) is 15.6 Å². The number of imide groups is 1. The SMILES string of the molecule is O=C1C(c2cccs2)=C(N2CCN(c3ccccn3)CC2)C(=O)N1c1cccc(F)c1. The summed E-state index contributed by atoms with van der Waals surface area (Å²) in [5.74, 6) is -0.427. The van der Waals surface area contributed by atoms with Gasteiger partial charge in [0.15, 0.2) is 0 Å². The zero-order valence-electron chi connectivity index (χ0n) is 16.6. The van der Waals surface area contributed by atoms with Gasteiger partial charge in [-0.3, -0.25) is 9.59 Å². The molecule has 6 nitrogen and oxygen atoms in total. The maximum atomic E-state index is 13.8. The van der Waals surface area contributed by atoms with Gasteiger partial charge in [0.2, 0.25) is 0 Å². The number of amides is 2. The molecule has 2 aliphatic heterocycles. The van der Waals surface area contributed by atoms with E-state index in [1.165, 1.54) is 29.5 Å². The second kappa shape index (κ2) is 7.96. The van der Waals surface area contributed by atoms with Gasteiger partial charge < -0.3 is 9.80 Å². The topological polar surface area (TPSA) is 56.8 Å². The molecule has 0 saturated carbocycles. The van der Waals surface area contributed by atoms with Crippen molar-refractivity contribution in [3.05, 3.63) is 82.6 Å². The van der Waals surface area contributed by atoms with E-state index in [9.17, 15) is 14.0 Å². The Kier molecular flexibility index (Phi) is 4.99. The number of carbonyl (C=O) groups is 2. The van der Waals surface area contributed by atoms with Crippen LogP contribution in [0.1, 0.15) is 4.88 Å². The van der Waals surface area contributed by atoms with Crippen molar-refractivity contribution in [1.29, 1.82) is 0 Å². The number of thiophene rings is 1. The highest BCUT2D eigenvalue weighted by Gasteiger charge is 2.43. The van der Waals surface area contributed by atoms with Crippen LogP contribution in [0.15, 0.2) is 71.9 Å². The molecule has 31 heavy (non-hydrogen) atoms. The molecule has 1 saturated heterocycles. The van der Waals surface area contributed by atoms with Crippen LogP contribution in [0.25, 0.3) is 5.57 Å². The summed E-state index contributed by atoms with van der Waals surface area (Å²) < 4.78 is 13.8. The van der Waals surface area contributed by atoms with Crippen LogP contribution in [0.2, 0.25) is 0 Å². The van der Waals surface area contributed by atoms with E-state index in [1.54, 1.807) is 12.3 Å². The van der Waals surface area contributed by atoms with Crippen LogP contribution in [0.5, 0.6) is 0 Å². The third-order valence-corrected chi connectivity index (χ3v) is 6.35. The third-order valence-electron chi connectivity index (χ3n) is 5.46. The van der Waals surface area contributed by atoms with E-state index in [2.05, 4.69) is 9.88 Å². The minimum atomic E-state index is -0.492. The van der Waals surface area contributed by atoms with Gasteiger partial charge in [-0.2, -0.15) is 0 Å². The Morgan fingerprint density at radius 1 is 0.871 bits per heavy atom. The molecular weight excluding hydrogens is 415 g/mol. The lowest BCUT2D eigenvalue weighted by molar-refractivity contribution is -0.120. The molecule has 0 N–H and O–H groups in total. The van der Waals surface area contributed by atoms with Crippen molar-refractivity contribution in [2.45, 2.75) is 0 Å². The molecule has 8 heteroatoms. The number of benzene rings is 1. The lowest BCUT2D eigenvalue weighted by atomic mass is 10.1. The molecule has 0 spiro atoms. The molecule has 0 atom stereocenters. The summed E-state index contributed by atoms with van der Waals surface area (Å²) in [6.07, 6.45) is 1.76. The predicted molar refractivity (Wildman–Crippen MR) is 118 cm³/mol. The maximum Gasteiger partial charge on any atom is 0.282 e. The fourth-order valence-corrected chi connectivity index (χ4v) is 4.77. The summed E-state index contributed by atoms with van der Waals surface area (Å²) in [5, 5.41) is 1.88. The number of rotatable bonds is 4. The molecule has 2 aromatic heterocycles. The number of nitrogens with zero attached hydrogens (tertiary/aromatic N) is 4. The normalized spacial score (nSPS) is 17.1. The Morgan fingerprint density at radius 2 is 1.68 bits per heavy atom. The summed E-state index contributed by atoms with van der Waals surface area (Å²) in [7, 11) is 0. The first kappa shape index (κ1) is 19.4. The van der Waals surface area contributed by atoms with Crippen molar-refractivity contribution in [3.8, 4) is 0 Å². The number of carbonyl (C=O) groups excluding carboxylic acids is 2. The average molecular weight is 434 g/mol. The second-order valence-corrected chi connectivity index (χ2v) is 8.24. The first-order valence-corrected chi connectivity index (χ1v) is 10.8. The van der Waals surface area contributed by atoms with E-state index in [-0.39, 0.29) is 5.69 Å². The minimum absolute atomic E-state index is 0.242. The van der Waals surface area contributed by atoms with Gasteiger partial charge in [0, 0.05) is 37.3 Å². The molecule has 3 aromatic rings. The van der Waals surface area contributed by atoms with Gasteiger partial charge in [-0.05, 0) is 41.8 Å². The summed E-state index contributed by atoms with van der Waals surface area (Å²) >= 11 is 1.41. The smallest absolute Gasteiger partial charge is 0.282 e. The summed E-state index contributed by atoms with van der Waals surface area (Å²) in [6.45, 7) is 2.52. The molecule has 0 radical (unpaired) electrons. The molecule has 0 unspecified atom stereocenters. The Morgan fingerprint density at radius 3 is 2.35 bits per heavy atom. The van der Waals surface area contributed by atoms with Gasteiger partial charge >= 0.3 is 0 Å². The number of aromatic nitrogens is 1. The molecule has 4 heterocycles. The lowest BCUT2D eigenvalue weighted by Gasteiger charge is -2.37. The zero-order chi connectivity index (χ0) is 21.4. The molecule has 1 fully saturated rings. The molecule has 2 aliphatic rings. The van der Waals surface area contributed by atoms with Crippen LogP contribution in [-0.2, 0) is 9.59 Å². The van der Waals surface area contributed by atoms with Crippen LogP contribution in [-0.4, -0.2) is 47.9 Å². The van der Waals surface area contributed by atoms with Crippen LogP contribution >= 0.6 is 11.3 Å². The lowest BCUT2D eigenvalue weighted by Crippen LogP contribution is -2.48. The maximum absolute atomic E-state index is 13.8. The molecule has 0 aliphatic carbocycles. The van der Waals surface area contributed by atoms with E-state index in [4.69, 9.17) is 0 Å². The zero-order valence-corrected chi connectivity index (χ0v) is 17.4. The predicted octanol–water partition coefficient (Wildman–Crippen LogP) is 3.39. The van der Waals surface area contributed by atoms with Crippen molar-refractivity contribution in [3.63, 3.8) is 0 Å². The number of halogens is 1. The molecule has 0 bridgehead atoms. The van der Waals surface area contributed by atoms with Gasteiger partial charge in [-0.1, -0.05) is 18.2 Å². The molecule has 5 rings (SSSR count). The molecule has 156 valence electrons. The van der Waals surface area contributed by atoms with Gasteiger partial charge in [0.05, 0.1) is 11.3 Å². The van der Waals surface area contributed by atoms with Gasteiger partial charge in [-0.25, -0.2) is 14.3 Å². The van der Waals surface area contributed by atoms with Crippen LogP contribution in [0.4, 0.5) is 15.9 Å². The molecular formula is C23H19FN4O2S. The first-order valence-electron chi connectivity index (χ1n) is 9.97. The Balaban J connectivity index is 1.48. The summed E-state index contributed by atoms with van der Waals surface area (Å²) in [6, 6.07) is 15.1. The Bertz CT molecular complexity index is 1160. The van der Waals surface area contributed by atoms with E-state index in [0.29, 0.717) is 37.4 Å². The van der Waals surface area contributed by atoms with Crippen molar-refractivity contribution in [2.75, 3.05) is 36.0 Å². The quantitative estimate of drug-likeness (QED) is 0.590. The second-order valence-electron chi connectivity index (χ2n) is 7.29. The van der Waals surface area contributed by atoms with E-state index < -0.39 is 17.6 Å². The highest BCUT2D eigenvalue weighted by molar-refractivity contribution is 7.11. The first-order chi connectivity index (χ1) is 15.1. The minimum Gasteiger partial charge on any atom is -0.363 e. The standard InChI is InChI=1S/C23H19FN4O2S/c24-16-5-3-6-17(15-16)28-22(29)20(18-7-4-14-31-18)21(23(28)30)27-12-10-26(11-13-27)19-8-1-2-9-25-19/h1-9,14-15H,10-13H2. The third kappa shape index (κ3) is 3.48. The number of hydrogen-bond acceptors (Lipinski definition) is 6. The van der Waals surface area contributed by atoms with Crippen molar-refractivity contribution in [1.82, 2.24) is 9.88 Å². The van der Waals surface area contributed by atoms with E-state index >= 15 is 0 Å². The van der Waals surface area contributed by atoms with Crippen LogP contribution in [0.3, 0.4) is 0 Å². The Labute approximate surface area is 182 Å². The van der Waals surface area contributed by atoms with Crippen LogP contribution in [0, 0.1) is 5.82 Å². The number of hydrogen-bond donors (Lipinski definition) is 0. The largest absolute Gasteiger partial charge is 0.363 e. The fourth-order valence-electron chi connectivity index (χ4n) is 4.00. The van der Waals surface area contributed by atoms with Gasteiger partial charge in [0.25, 0.3) is 11.8 Å². The van der Waals surface area contributed by atoms with Crippen molar-refractivity contribution in [2.24, 2.45) is 0 Å². The summed E-state index contributed by atoms with van der Waals surface area (Å²) in [4.78, 5) is 37.1. The van der Waals surface area contributed by atoms with Gasteiger partial charge in [-0.15, -0.1) is 11.3 Å². The highest BCUT2D eigenvalue weighted by Crippen LogP contribution is 2.37. The fraction of sp³-hybridized carbons (Fsp3) is 0.174. The number of anilines is 2. The number of piperazine rings is 1. The van der Waals surface area contributed by atoms with E-state index in [1.807, 2.05) is 40.6 Å². The highest BCUT2D eigenvalue weighted by atomic mass is 32.1. The molecule has 1 aromatic carbocycles. The van der Waals surface area contributed by atoms with Crippen molar-refractivity contribution < 1.29 is 14.0 Å². The Hall–Kier alpha value is -3.52. The summed E-state index contributed by atoms with van der Waals surface area (Å²) in [5.41, 5.74) is 1.01.